The second-order valence-electron chi connectivity index (χ2n) is 3.93. The van der Waals surface area contributed by atoms with Crippen molar-refractivity contribution >= 4 is 11.6 Å². The fraction of sp³-hybridized carbons (Fsp3) is 0.333. The Hall–Kier alpha value is -1.75. The molecule has 0 amide bonds. The Bertz CT molecular complexity index is 442. The molecule has 0 bridgehead atoms. The minimum absolute atomic E-state index is 0.118. The molecule has 4 nitrogen and oxygen atoms in total. The number of amidine groups is 1. The number of aliphatic hydroxyl groups excluding tert-OH is 1. The van der Waals surface area contributed by atoms with E-state index < -0.39 is 6.10 Å². The van der Waals surface area contributed by atoms with Gasteiger partial charge in [0.1, 0.15) is 11.7 Å². The summed E-state index contributed by atoms with van der Waals surface area (Å²) in [5, 5.41) is 12.1. The van der Waals surface area contributed by atoms with E-state index in [0.717, 1.165) is 0 Å². The number of halogens is 1. The summed E-state index contributed by atoms with van der Waals surface area (Å²) < 4.78 is 12.7. The molecular weight excluding hydrogens is 223 g/mol. The van der Waals surface area contributed by atoms with Gasteiger partial charge in [0.15, 0.2) is 5.78 Å². The molecular formula is C12H13FN2O2. The van der Waals surface area contributed by atoms with E-state index >= 15 is 0 Å². The zero-order valence-electron chi connectivity index (χ0n) is 9.19. The van der Waals surface area contributed by atoms with Crippen LogP contribution in [0.15, 0.2) is 29.3 Å². The Morgan fingerprint density at radius 2 is 2.18 bits per heavy atom. The smallest absolute Gasteiger partial charge is 0.170 e. The summed E-state index contributed by atoms with van der Waals surface area (Å²) in [5.74, 6) is 0.0927. The SMILES string of the molecule is O=C(CC1=NCC(O)CN1)c1ccc(F)cc1. The lowest BCUT2D eigenvalue weighted by molar-refractivity contribution is 0.0998. The molecule has 1 aromatic carbocycles. The van der Waals surface area contributed by atoms with Crippen LogP contribution < -0.4 is 5.32 Å². The number of carbonyl (C=O) groups is 1. The van der Waals surface area contributed by atoms with Crippen LogP contribution in [0.25, 0.3) is 0 Å². The molecule has 1 aromatic rings. The molecule has 1 unspecified atom stereocenters. The van der Waals surface area contributed by atoms with Gasteiger partial charge in [-0.15, -0.1) is 0 Å². The first-order valence-corrected chi connectivity index (χ1v) is 5.39. The van der Waals surface area contributed by atoms with Crippen molar-refractivity contribution in [2.24, 2.45) is 4.99 Å². The second kappa shape index (κ2) is 5.05. The second-order valence-corrected chi connectivity index (χ2v) is 3.93. The molecule has 17 heavy (non-hydrogen) atoms. The minimum Gasteiger partial charge on any atom is -0.389 e. The number of nitrogens with zero attached hydrogens (tertiary/aromatic N) is 1. The largest absolute Gasteiger partial charge is 0.389 e. The molecule has 1 atom stereocenters. The van der Waals surface area contributed by atoms with Crippen LogP contribution in [0.1, 0.15) is 16.8 Å². The molecule has 2 N–H and O–H groups in total. The fourth-order valence-corrected chi connectivity index (χ4v) is 1.58. The highest BCUT2D eigenvalue weighted by atomic mass is 19.1. The van der Waals surface area contributed by atoms with Gasteiger partial charge >= 0.3 is 0 Å². The lowest BCUT2D eigenvalue weighted by Crippen LogP contribution is -2.39. The molecule has 0 spiro atoms. The standard InChI is InChI=1S/C12H13FN2O2/c13-9-3-1-8(2-4-9)11(17)5-12-14-6-10(16)7-15-12/h1-4,10,16H,5-7H2,(H,14,15). The summed E-state index contributed by atoms with van der Waals surface area (Å²) >= 11 is 0. The van der Waals surface area contributed by atoms with Crippen molar-refractivity contribution in [2.45, 2.75) is 12.5 Å². The summed E-state index contributed by atoms with van der Waals surface area (Å²) in [6.45, 7) is 0.731. The number of hydrogen-bond donors (Lipinski definition) is 2. The zero-order chi connectivity index (χ0) is 12.3. The van der Waals surface area contributed by atoms with E-state index in [0.29, 0.717) is 24.5 Å². The van der Waals surface area contributed by atoms with Crippen LogP contribution in [-0.4, -0.2) is 35.9 Å². The van der Waals surface area contributed by atoms with Gasteiger partial charge in [-0.05, 0) is 24.3 Å². The van der Waals surface area contributed by atoms with Crippen molar-refractivity contribution in [3.8, 4) is 0 Å². The van der Waals surface area contributed by atoms with Gasteiger partial charge in [0.25, 0.3) is 0 Å². The minimum atomic E-state index is -0.486. The summed E-state index contributed by atoms with van der Waals surface area (Å²) in [7, 11) is 0. The number of aliphatic hydroxyl groups is 1. The summed E-state index contributed by atoms with van der Waals surface area (Å²) in [6, 6.07) is 5.42. The van der Waals surface area contributed by atoms with Crippen LogP contribution in [0.3, 0.4) is 0 Å². The molecule has 1 aliphatic heterocycles. The number of Topliss-reactive ketones (excluding diaryl/α,β-unsaturated/α-hetero) is 1. The molecule has 1 heterocycles. The topological polar surface area (TPSA) is 61.7 Å². The van der Waals surface area contributed by atoms with Crippen LogP contribution in [0.5, 0.6) is 0 Å². The van der Waals surface area contributed by atoms with Crippen LogP contribution in [-0.2, 0) is 0 Å². The van der Waals surface area contributed by atoms with E-state index in [2.05, 4.69) is 10.3 Å². The molecule has 0 aliphatic carbocycles. The molecule has 2 rings (SSSR count). The summed E-state index contributed by atoms with van der Waals surface area (Å²) in [5.41, 5.74) is 0.460. The highest BCUT2D eigenvalue weighted by molar-refractivity contribution is 6.09. The molecule has 0 aromatic heterocycles. The first-order valence-electron chi connectivity index (χ1n) is 5.39. The molecule has 90 valence electrons. The van der Waals surface area contributed by atoms with E-state index in [-0.39, 0.29) is 18.0 Å². The van der Waals surface area contributed by atoms with Crippen molar-refractivity contribution in [1.29, 1.82) is 0 Å². The predicted octanol–water partition coefficient (Wildman–Crippen LogP) is 0.761. The van der Waals surface area contributed by atoms with Gasteiger partial charge in [0, 0.05) is 12.1 Å². The highest BCUT2D eigenvalue weighted by Crippen LogP contribution is 2.07. The molecule has 1 aliphatic rings. The van der Waals surface area contributed by atoms with Gasteiger partial charge in [0.2, 0.25) is 0 Å². The maximum absolute atomic E-state index is 12.7. The molecule has 0 fully saturated rings. The molecule has 0 radical (unpaired) electrons. The Kier molecular flexibility index (Phi) is 3.49. The van der Waals surface area contributed by atoms with Crippen molar-refractivity contribution in [3.05, 3.63) is 35.6 Å². The van der Waals surface area contributed by atoms with Gasteiger partial charge < -0.3 is 10.4 Å². The van der Waals surface area contributed by atoms with Crippen LogP contribution in [0, 0.1) is 5.82 Å². The Labute approximate surface area is 98.2 Å². The highest BCUT2D eigenvalue weighted by Gasteiger charge is 2.15. The fourth-order valence-electron chi connectivity index (χ4n) is 1.58. The average Bonchev–Trinajstić information content (AvgIpc) is 2.33. The van der Waals surface area contributed by atoms with Crippen molar-refractivity contribution in [3.63, 3.8) is 0 Å². The third kappa shape index (κ3) is 3.10. The van der Waals surface area contributed by atoms with Crippen molar-refractivity contribution < 1.29 is 14.3 Å². The quantitative estimate of drug-likeness (QED) is 0.762. The monoisotopic (exact) mass is 236 g/mol. The lowest BCUT2D eigenvalue weighted by Gasteiger charge is -2.18. The predicted molar refractivity (Wildman–Crippen MR) is 61.7 cm³/mol. The third-order valence-electron chi connectivity index (χ3n) is 2.53. The average molecular weight is 236 g/mol. The van der Waals surface area contributed by atoms with Gasteiger partial charge in [0.05, 0.1) is 19.1 Å². The molecule has 0 saturated heterocycles. The number of β-amino-alcohol motifs (C(OH)–C–C–N with tert-alkyl or cyclic N) is 1. The summed E-state index contributed by atoms with van der Waals surface area (Å²) in [4.78, 5) is 15.9. The van der Waals surface area contributed by atoms with E-state index in [1.54, 1.807) is 0 Å². The van der Waals surface area contributed by atoms with E-state index in [1.807, 2.05) is 0 Å². The van der Waals surface area contributed by atoms with Crippen LogP contribution in [0.2, 0.25) is 0 Å². The first-order chi connectivity index (χ1) is 8.15. The number of benzene rings is 1. The van der Waals surface area contributed by atoms with Gasteiger partial charge in [-0.3, -0.25) is 9.79 Å². The summed E-state index contributed by atoms with van der Waals surface area (Å²) in [6.07, 6.45) is -0.335. The van der Waals surface area contributed by atoms with Crippen LogP contribution >= 0.6 is 0 Å². The number of rotatable bonds is 3. The maximum Gasteiger partial charge on any atom is 0.170 e. The maximum atomic E-state index is 12.7. The van der Waals surface area contributed by atoms with E-state index in [4.69, 9.17) is 0 Å². The number of aliphatic imine (C=N–C) groups is 1. The first kappa shape index (κ1) is 11.7. The van der Waals surface area contributed by atoms with Gasteiger partial charge in [-0.25, -0.2) is 4.39 Å². The zero-order valence-corrected chi connectivity index (χ0v) is 9.19. The van der Waals surface area contributed by atoms with Gasteiger partial charge in [-0.2, -0.15) is 0 Å². The molecule has 0 saturated carbocycles. The number of carbonyl (C=O) groups excluding carboxylic acids is 1. The lowest BCUT2D eigenvalue weighted by atomic mass is 10.1. The van der Waals surface area contributed by atoms with Crippen molar-refractivity contribution in [1.82, 2.24) is 5.32 Å². The number of ketones is 1. The number of hydrogen-bond acceptors (Lipinski definition) is 4. The Balaban J connectivity index is 2.00. The Morgan fingerprint density at radius 1 is 1.47 bits per heavy atom. The van der Waals surface area contributed by atoms with E-state index in [1.165, 1.54) is 24.3 Å². The van der Waals surface area contributed by atoms with Crippen molar-refractivity contribution in [2.75, 3.05) is 13.1 Å². The normalized spacial score (nSPS) is 19.4. The van der Waals surface area contributed by atoms with Crippen LogP contribution in [0.4, 0.5) is 4.39 Å². The van der Waals surface area contributed by atoms with Gasteiger partial charge in [-0.1, -0.05) is 0 Å². The number of nitrogens with one attached hydrogen (secondary N) is 1. The third-order valence-corrected chi connectivity index (χ3v) is 2.53. The van der Waals surface area contributed by atoms with E-state index in [9.17, 15) is 14.3 Å². The Morgan fingerprint density at radius 3 is 2.76 bits per heavy atom. The molecule has 5 heteroatoms.